The normalized spacial score (nSPS) is 13.6. The lowest BCUT2D eigenvalue weighted by atomic mass is 9.83. The first-order valence-electron chi connectivity index (χ1n) is 14.2. The number of rotatable bonds is 2. The summed E-state index contributed by atoms with van der Waals surface area (Å²) in [6.45, 7) is 7.28. The Labute approximate surface area is 236 Å². The zero-order chi connectivity index (χ0) is 27.0. The smallest absolute Gasteiger partial charge is 0.0623 e. The van der Waals surface area contributed by atoms with Crippen LogP contribution in [-0.4, -0.2) is 8.07 Å². The largest absolute Gasteiger partial charge is 0.113 e. The van der Waals surface area contributed by atoms with Crippen LogP contribution in [0.1, 0.15) is 5.56 Å². The number of aryl methyl sites for hydroxylation is 1. The highest BCUT2D eigenvalue weighted by Crippen LogP contribution is 2.47. The fraction of sp³-hybridized carbons (Fsp3) is 0.0769. The molecule has 1 aliphatic heterocycles. The van der Waals surface area contributed by atoms with Gasteiger partial charge >= 0.3 is 0 Å². The average molecular weight is 527 g/mol. The van der Waals surface area contributed by atoms with Gasteiger partial charge < -0.3 is 0 Å². The van der Waals surface area contributed by atoms with Gasteiger partial charge in [0.2, 0.25) is 0 Å². The predicted octanol–water partition coefficient (Wildman–Crippen LogP) is 9.59. The lowest BCUT2D eigenvalue weighted by molar-refractivity contribution is 1.47. The van der Waals surface area contributed by atoms with E-state index in [-0.39, 0.29) is 0 Å². The second kappa shape index (κ2) is 8.52. The van der Waals surface area contributed by atoms with Crippen LogP contribution < -0.4 is 10.4 Å². The van der Waals surface area contributed by atoms with Gasteiger partial charge in [-0.3, -0.25) is 0 Å². The first-order chi connectivity index (χ1) is 19.5. The summed E-state index contributed by atoms with van der Waals surface area (Å²) in [5.41, 5.74) is 9.48. The Kier molecular flexibility index (Phi) is 4.99. The van der Waals surface area contributed by atoms with Gasteiger partial charge in [0.1, 0.15) is 8.07 Å². The SMILES string of the molecule is Cc1ccccc1-c1c2ccccc2c(-c2cccc3ccccc23)c2cc3c(cc12)-c1ccccc1[Si]3(C)C. The second-order valence-electron chi connectivity index (χ2n) is 11.8. The Morgan fingerprint density at radius 1 is 0.400 bits per heavy atom. The Hall–Kier alpha value is -4.46. The van der Waals surface area contributed by atoms with Gasteiger partial charge in [-0.25, -0.2) is 0 Å². The molecule has 0 fully saturated rings. The van der Waals surface area contributed by atoms with Gasteiger partial charge in [-0.15, -0.1) is 0 Å². The molecule has 40 heavy (non-hydrogen) atoms. The van der Waals surface area contributed by atoms with E-state index in [0.717, 1.165) is 0 Å². The molecule has 1 heteroatoms. The molecule has 0 unspecified atom stereocenters. The van der Waals surface area contributed by atoms with Crippen LogP contribution in [0.5, 0.6) is 0 Å². The van der Waals surface area contributed by atoms with Crippen LogP contribution in [0, 0.1) is 6.92 Å². The molecule has 8 rings (SSSR count). The van der Waals surface area contributed by atoms with E-state index in [4.69, 9.17) is 0 Å². The highest BCUT2D eigenvalue weighted by molar-refractivity contribution is 7.04. The number of fused-ring (bicyclic) bond motifs is 6. The highest BCUT2D eigenvalue weighted by atomic mass is 28.3. The minimum Gasteiger partial charge on any atom is -0.0623 e. The van der Waals surface area contributed by atoms with E-state index in [1.54, 1.807) is 10.4 Å². The maximum Gasteiger partial charge on any atom is 0.113 e. The second-order valence-corrected chi connectivity index (χ2v) is 16.1. The summed E-state index contributed by atoms with van der Waals surface area (Å²) in [4.78, 5) is 0. The van der Waals surface area contributed by atoms with Gasteiger partial charge in [0, 0.05) is 0 Å². The summed E-state index contributed by atoms with van der Waals surface area (Å²) in [6, 6.07) is 47.8. The third-order valence-corrected chi connectivity index (χ3v) is 12.7. The molecule has 0 N–H and O–H groups in total. The minimum atomic E-state index is -1.85. The van der Waals surface area contributed by atoms with Crippen molar-refractivity contribution in [1.29, 1.82) is 0 Å². The van der Waals surface area contributed by atoms with Crippen LogP contribution in [0.2, 0.25) is 13.1 Å². The quantitative estimate of drug-likeness (QED) is 0.155. The summed E-state index contributed by atoms with van der Waals surface area (Å²) in [5, 5.41) is 11.0. The van der Waals surface area contributed by atoms with E-state index < -0.39 is 8.07 Å². The third kappa shape index (κ3) is 3.19. The van der Waals surface area contributed by atoms with Crippen molar-refractivity contribution in [1.82, 2.24) is 0 Å². The molecule has 7 aromatic rings. The van der Waals surface area contributed by atoms with Gasteiger partial charge in [-0.05, 0) is 94.6 Å². The number of hydrogen-bond acceptors (Lipinski definition) is 0. The molecule has 0 nitrogen and oxygen atoms in total. The first kappa shape index (κ1) is 23.4. The molecule has 1 aliphatic rings. The molecule has 0 spiro atoms. The summed E-state index contributed by atoms with van der Waals surface area (Å²) < 4.78 is 0. The van der Waals surface area contributed by atoms with Crippen molar-refractivity contribution in [2.45, 2.75) is 20.0 Å². The van der Waals surface area contributed by atoms with Crippen molar-refractivity contribution < 1.29 is 0 Å². The van der Waals surface area contributed by atoms with Gasteiger partial charge in [-0.2, -0.15) is 0 Å². The molecule has 0 bridgehead atoms. The first-order valence-corrected chi connectivity index (χ1v) is 17.2. The van der Waals surface area contributed by atoms with Crippen LogP contribution in [0.4, 0.5) is 0 Å². The number of benzene rings is 7. The van der Waals surface area contributed by atoms with Crippen LogP contribution in [0.3, 0.4) is 0 Å². The fourth-order valence-electron chi connectivity index (χ4n) is 7.25. The van der Waals surface area contributed by atoms with Crippen LogP contribution >= 0.6 is 0 Å². The third-order valence-electron chi connectivity index (χ3n) is 9.20. The molecule has 0 saturated carbocycles. The Bertz CT molecular complexity index is 2140. The van der Waals surface area contributed by atoms with E-state index in [2.05, 4.69) is 147 Å². The molecule has 7 aromatic carbocycles. The molecule has 0 radical (unpaired) electrons. The summed E-state index contributed by atoms with van der Waals surface area (Å²) >= 11 is 0. The van der Waals surface area contributed by atoms with Crippen molar-refractivity contribution in [2.75, 3.05) is 0 Å². The predicted molar refractivity (Wildman–Crippen MR) is 177 cm³/mol. The Morgan fingerprint density at radius 3 is 1.73 bits per heavy atom. The van der Waals surface area contributed by atoms with Gasteiger partial charge in [0.25, 0.3) is 0 Å². The summed E-state index contributed by atoms with van der Waals surface area (Å²) in [6.07, 6.45) is 0. The van der Waals surface area contributed by atoms with Crippen molar-refractivity contribution in [2.24, 2.45) is 0 Å². The van der Waals surface area contributed by atoms with Gasteiger partial charge in [0.15, 0.2) is 0 Å². The maximum atomic E-state index is 2.59. The molecule has 1 heterocycles. The standard InChI is InChI=1S/C39H30Si/c1-25-13-4-6-16-27(25)38-31-19-8-9-20-32(31)39(30-21-12-15-26-14-5-7-17-28(26)30)35-24-37-33(23-34(35)38)29-18-10-11-22-36(29)40(37,2)3/h4-24H,1-3H3. The van der Waals surface area contributed by atoms with Gasteiger partial charge in [-0.1, -0.05) is 134 Å². The average Bonchev–Trinajstić information content (AvgIpc) is 3.21. The molecular weight excluding hydrogens is 497 g/mol. The molecule has 190 valence electrons. The topological polar surface area (TPSA) is 0 Å². The van der Waals surface area contributed by atoms with Crippen LogP contribution in [-0.2, 0) is 0 Å². The van der Waals surface area contributed by atoms with E-state index in [0.29, 0.717) is 0 Å². The Morgan fingerprint density at radius 2 is 0.950 bits per heavy atom. The fourth-order valence-corrected chi connectivity index (χ4v) is 10.3. The minimum absolute atomic E-state index is 1.28. The van der Waals surface area contributed by atoms with Crippen molar-refractivity contribution >= 4 is 50.8 Å². The van der Waals surface area contributed by atoms with E-state index in [1.165, 1.54) is 71.3 Å². The van der Waals surface area contributed by atoms with E-state index in [9.17, 15) is 0 Å². The Balaban J connectivity index is 1.63. The lowest BCUT2D eigenvalue weighted by Gasteiger charge is -2.23. The molecule has 0 saturated heterocycles. The number of hydrogen-bond donors (Lipinski definition) is 0. The molecule has 0 amide bonds. The van der Waals surface area contributed by atoms with Crippen molar-refractivity contribution in [3.63, 3.8) is 0 Å². The summed E-state index contributed by atoms with van der Waals surface area (Å²) in [5.74, 6) is 0. The zero-order valence-corrected chi connectivity index (χ0v) is 24.1. The highest BCUT2D eigenvalue weighted by Gasteiger charge is 2.38. The van der Waals surface area contributed by atoms with E-state index in [1.807, 2.05) is 0 Å². The zero-order valence-electron chi connectivity index (χ0n) is 23.1. The molecular formula is C39H30Si. The molecule has 0 atom stereocenters. The van der Waals surface area contributed by atoms with Gasteiger partial charge in [0.05, 0.1) is 0 Å². The molecule has 0 aliphatic carbocycles. The van der Waals surface area contributed by atoms with Crippen LogP contribution in [0.15, 0.2) is 127 Å². The summed E-state index contributed by atoms with van der Waals surface area (Å²) in [7, 11) is -1.85. The lowest BCUT2D eigenvalue weighted by Crippen LogP contribution is -2.49. The van der Waals surface area contributed by atoms with E-state index >= 15 is 0 Å². The van der Waals surface area contributed by atoms with Crippen LogP contribution in [0.25, 0.3) is 65.7 Å². The monoisotopic (exact) mass is 526 g/mol. The van der Waals surface area contributed by atoms with Crippen molar-refractivity contribution in [3.05, 3.63) is 133 Å². The van der Waals surface area contributed by atoms with Crippen molar-refractivity contribution in [3.8, 4) is 33.4 Å². The molecule has 0 aromatic heterocycles. The maximum absolute atomic E-state index is 2.59.